The number of thiazole rings is 1. The highest BCUT2D eigenvalue weighted by molar-refractivity contribution is 7.15. The van der Waals surface area contributed by atoms with Gasteiger partial charge in [0.15, 0.2) is 5.13 Å². The summed E-state index contributed by atoms with van der Waals surface area (Å²) in [4.78, 5) is 20.4. The van der Waals surface area contributed by atoms with Gasteiger partial charge in [0.25, 0.3) is 0 Å². The van der Waals surface area contributed by atoms with Crippen LogP contribution in [0.1, 0.15) is 36.2 Å². The Labute approximate surface area is 169 Å². The Bertz CT molecular complexity index is 962. The van der Waals surface area contributed by atoms with E-state index in [1.807, 2.05) is 18.3 Å². The van der Waals surface area contributed by atoms with Crippen LogP contribution in [0.5, 0.6) is 0 Å². The van der Waals surface area contributed by atoms with Gasteiger partial charge in [0.05, 0.1) is 6.04 Å². The molecule has 1 aliphatic rings. The van der Waals surface area contributed by atoms with Crippen molar-refractivity contribution < 1.29 is 4.79 Å². The first-order valence-corrected chi connectivity index (χ1v) is 10.6. The Hall–Kier alpha value is -2.44. The van der Waals surface area contributed by atoms with Crippen molar-refractivity contribution in [2.75, 3.05) is 18.8 Å². The van der Waals surface area contributed by atoms with Crippen LogP contribution in [-0.2, 0) is 11.3 Å². The molecule has 1 aliphatic heterocycles. The zero-order valence-electron chi connectivity index (χ0n) is 16.1. The monoisotopic (exact) mass is 394 g/mol. The molecule has 1 fully saturated rings. The Kier molecular flexibility index (Phi) is 5.59. The molecule has 0 aliphatic carbocycles. The van der Waals surface area contributed by atoms with Crippen molar-refractivity contribution in [3.63, 3.8) is 0 Å². The molecule has 3 aromatic rings. The van der Waals surface area contributed by atoms with Crippen LogP contribution < -0.4 is 11.1 Å². The van der Waals surface area contributed by atoms with Crippen LogP contribution in [0.25, 0.3) is 10.8 Å². The molecule has 0 spiro atoms. The van der Waals surface area contributed by atoms with E-state index in [0.29, 0.717) is 5.13 Å². The summed E-state index contributed by atoms with van der Waals surface area (Å²) in [5.41, 5.74) is 6.85. The van der Waals surface area contributed by atoms with Crippen molar-refractivity contribution in [3.05, 3.63) is 59.1 Å². The predicted octanol–water partition coefficient (Wildman–Crippen LogP) is 3.97. The molecule has 2 aromatic carbocycles. The summed E-state index contributed by atoms with van der Waals surface area (Å²) in [6, 6.07) is 14.7. The molecular weight excluding hydrogens is 368 g/mol. The molecule has 0 radical (unpaired) electrons. The zero-order valence-corrected chi connectivity index (χ0v) is 16.9. The number of nitrogens with zero attached hydrogens (tertiary/aromatic N) is 2. The zero-order chi connectivity index (χ0) is 19.5. The molecule has 2 heterocycles. The standard InChI is InChI=1S/C22H26N4OS/c1-15(18-7-6-16-4-2-3-5-19(16)12-18)25-21(27)17-8-10-26(11-9-17)14-20-13-24-22(23)28-20/h2-7,12-13,15,17H,8-11,14H2,1H3,(H2,23,24)(H,25,27). The maximum atomic E-state index is 12.8. The van der Waals surface area contributed by atoms with Crippen LogP contribution >= 0.6 is 11.3 Å². The summed E-state index contributed by atoms with van der Waals surface area (Å²) < 4.78 is 0. The summed E-state index contributed by atoms with van der Waals surface area (Å²) in [5.74, 6) is 0.257. The molecule has 1 unspecified atom stereocenters. The average molecular weight is 395 g/mol. The number of hydrogen-bond acceptors (Lipinski definition) is 5. The normalized spacial score (nSPS) is 16.9. The van der Waals surface area contributed by atoms with Crippen molar-refractivity contribution in [2.45, 2.75) is 32.4 Å². The smallest absolute Gasteiger partial charge is 0.223 e. The van der Waals surface area contributed by atoms with Gasteiger partial charge in [-0.15, -0.1) is 11.3 Å². The lowest BCUT2D eigenvalue weighted by atomic mass is 9.95. The van der Waals surface area contributed by atoms with Gasteiger partial charge in [0.1, 0.15) is 0 Å². The molecule has 5 nitrogen and oxygen atoms in total. The fourth-order valence-corrected chi connectivity index (χ4v) is 4.59. The molecule has 1 amide bonds. The minimum atomic E-state index is 0.00954. The maximum Gasteiger partial charge on any atom is 0.223 e. The molecule has 0 bridgehead atoms. The number of hydrogen-bond donors (Lipinski definition) is 2. The third-order valence-corrected chi connectivity index (χ3v) is 6.35. The number of fused-ring (bicyclic) bond motifs is 1. The number of likely N-dealkylation sites (tertiary alicyclic amines) is 1. The highest BCUT2D eigenvalue weighted by Gasteiger charge is 2.26. The van der Waals surface area contributed by atoms with Gasteiger partial charge in [-0.05, 0) is 55.3 Å². The SMILES string of the molecule is CC(NC(=O)C1CCN(Cc2cnc(N)s2)CC1)c1ccc2ccccc2c1. The Morgan fingerprint density at radius 1 is 1.25 bits per heavy atom. The molecule has 28 heavy (non-hydrogen) atoms. The summed E-state index contributed by atoms with van der Waals surface area (Å²) >= 11 is 1.54. The average Bonchev–Trinajstić information content (AvgIpc) is 3.12. The molecule has 1 atom stereocenters. The van der Waals surface area contributed by atoms with E-state index in [1.165, 1.54) is 15.6 Å². The summed E-state index contributed by atoms with van der Waals surface area (Å²) in [5, 5.41) is 6.26. The fraction of sp³-hybridized carbons (Fsp3) is 0.364. The van der Waals surface area contributed by atoms with Crippen molar-refractivity contribution in [1.29, 1.82) is 0 Å². The number of anilines is 1. The Morgan fingerprint density at radius 2 is 2.00 bits per heavy atom. The van der Waals surface area contributed by atoms with Crippen LogP contribution in [0.4, 0.5) is 5.13 Å². The molecule has 1 saturated heterocycles. The van der Waals surface area contributed by atoms with Crippen LogP contribution in [0.2, 0.25) is 0 Å². The lowest BCUT2D eigenvalue weighted by Gasteiger charge is -2.31. The van der Waals surface area contributed by atoms with Gasteiger partial charge in [-0.1, -0.05) is 36.4 Å². The number of nitrogens with one attached hydrogen (secondary N) is 1. The van der Waals surface area contributed by atoms with Crippen molar-refractivity contribution in [3.8, 4) is 0 Å². The third-order valence-electron chi connectivity index (χ3n) is 5.54. The van der Waals surface area contributed by atoms with E-state index >= 15 is 0 Å². The number of rotatable bonds is 5. The first-order valence-electron chi connectivity index (χ1n) is 9.80. The van der Waals surface area contributed by atoms with E-state index in [-0.39, 0.29) is 17.9 Å². The number of piperidine rings is 1. The summed E-state index contributed by atoms with van der Waals surface area (Å²) in [6.45, 7) is 4.79. The second-order valence-electron chi connectivity index (χ2n) is 7.55. The van der Waals surface area contributed by atoms with Gasteiger partial charge in [-0.25, -0.2) is 4.98 Å². The van der Waals surface area contributed by atoms with Gasteiger partial charge in [0.2, 0.25) is 5.91 Å². The van der Waals surface area contributed by atoms with E-state index in [1.54, 1.807) is 11.3 Å². The lowest BCUT2D eigenvalue weighted by molar-refractivity contribution is -0.127. The number of amides is 1. The topological polar surface area (TPSA) is 71.2 Å². The minimum absolute atomic E-state index is 0.00954. The Balaban J connectivity index is 1.31. The molecule has 6 heteroatoms. The van der Waals surface area contributed by atoms with Crippen LogP contribution in [-0.4, -0.2) is 28.9 Å². The first kappa shape index (κ1) is 18.9. The highest BCUT2D eigenvalue weighted by Crippen LogP contribution is 2.24. The number of carbonyl (C=O) groups is 1. The summed E-state index contributed by atoms with van der Waals surface area (Å²) in [6.07, 6.45) is 3.64. The van der Waals surface area contributed by atoms with E-state index in [0.717, 1.165) is 38.0 Å². The largest absolute Gasteiger partial charge is 0.375 e. The summed E-state index contributed by atoms with van der Waals surface area (Å²) in [7, 11) is 0. The van der Waals surface area contributed by atoms with E-state index < -0.39 is 0 Å². The second kappa shape index (κ2) is 8.29. The number of carbonyl (C=O) groups excluding carboxylic acids is 1. The molecule has 146 valence electrons. The molecule has 4 rings (SSSR count). The quantitative estimate of drug-likeness (QED) is 0.687. The Morgan fingerprint density at radius 3 is 2.71 bits per heavy atom. The highest BCUT2D eigenvalue weighted by atomic mass is 32.1. The third kappa shape index (κ3) is 4.34. The van der Waals surface area contributed by atoms with Gasteiger partial charge in [-0.2, -0.15) is 0 Å². The fourth-order valence-electron chi connectivity index (χ4n) is 3.86. The number of aromatic nitrogens is 1. The van der Waals surface area contributed by atoms with E-state index in [2.05, 4.69) is 52.5 Å². The predicted molar refractivity (Wildman–Crippen MR) is 115 cm³/mol. The van der Waals surface area contributed by atoms with Gasteiger partial charge >= 0.3 is 0 Å². The van der Waals surface area contributed by atoms with Crippen LogP contribution in [0, 0.1) is 5.92 Å². The molecule has 3 N–H and O–H groups in total. The number of nitrogen functional groups attached to an aromatic ring is 1. The van der Waals surface area contributed by atoms with E-state index in [9.17, 15) is 4.79 Å². The lowest BCUT2D eigenvalue weighted by Crippen LogP contribution is -2.40. The van der Waals surface area contributed by atoms with Crippen molar-refractivity contribution in [2.24, 2.45) is 5.92 Å². The molecule has 0 saturated carbocycles. The second-order valence-corrected chi connectivity index (χ2v) is 8.70. The van der Waals surface area contributed by atoms with Gasteiger partial charge in [-0.3, -0.25) is 9.69 Å². The van der Waals surface area contributed by atoms with Gasteiger partial charge in [0, 0.05) is 23.5 Å². The minimum Gasteiger partial charge on any atom is -0.375 e. The molecule has 1 aromatic heterocycles. The van der Waals surface area contributed by atoms with E-state index in [4.69, 9.17) is 5.73 Å². The van der Waals surface area contributed by atoms with Crippen LogP contribution in [0.3, 0.4) is 0 Å². The molecular formula is C22H26N4OS. The van der Waals surface area contributed by atoms with Gasteiger partial charge < -0.3 is 11.1 Å². The van der Waals surface area contributed by atoms with Crippen LogP contribution in [0.15, 0.2) is 48.7 Å². The maximum absolute atomic E-state index is 12.8. The van der Waals surface area contributed by atoms with Crippen molar-refractivity contribution >= 4 is 33.1 Å². The van der Waals surface area contributed by atoms with Crippen molar-refractivity contribution in [1.82, 2.24) is 15.2 Å². The number of nitrogens with two attached hydrogens (primary N) is 1. The first-order chi connectivity index (χ1) is 13.6. The number of benzene rings is 2.